The highest BCUT2D eigenvalue weighted by atomic mass is 35.5. The fraction of sp³-hybridized carbons (Fsp3) is 0.538. The van der Waals surface area contributed by atoms with E-state index in [0.717, 1.165) is 31.2 Å². The third-order valence-electron chi connectivity index (χ3n) is 3.07. The Hall–Kier alpha value is -0.930. The first-order valence-electron chi connectivity index (χ1n) is 5.96. The van der Waals surface area contributed by atoms with E-state index >= 15 is 0 Å². The molecule has 3 nitrogen and oxygen atoms in total. The second kappa shape index (κ2) is 6.12. The van der Waals surface area contributed by atoms with Gasteiger partial charge in [0.05, 0.1) is 18.7 Å². The summed E-state index contributed by atoms with van der Waals surface area (Å²) in [5.41, 5.74) is 0. The van der Waals surface area contributed by atoms with E-state index in [0.29, 0.717) is 10.9 Å². The van der Waals surface area contributed by atoms with Gasteiger partial charge in [-0.15, -0.1) is 0 Å². The molecule has 1 saturated heterocycles. The molecule has 1 fully saturated rings. The lowest BCUT2D eigenvalue weighted by molar-refractivity contribution is 0.215. The number of ether oxygens (including phenoxy) is 2. The van der Waals surface area contributed by atoms with E-state index in [4.69, 9.17) is 21.1 Å². The first-order valence-corrected chi connectivity index (χ1v) is 6.34. The Balaban J connectivity index is 1.89. The summed E-state index contributed by atoms with van der Waals surface area (Å²) in [6.07, 6.45) is 2.35. The molecule has 0 amide bonds. The molecule has 1 heterocycles. The van der Waals surface area contributed by atoms with Crippen LogP contribution < -0.4 is 14.8 Å². The molecule has 0 unspecified atom stereocenters. The van der Waals surface area contributed by atoms with Gasteiger partial charge in [0.15, 0.2) is 0 Å². The minimum absolute atomic E-state index is 0.610. The Kier molecular flexibility index (Phi) is 4.51. The monoisotopic (exact) mass is 255 g/mol. The van der Waals surface area contributed by atoms with E-state index in [2.05, 4.69) is 5.32 Å². The van der Waals surface area contributed by atoms with Crippen molar-refractivity contribution in [2.45, 2.75) is 12.8 Å². The van der Waals surface area contributed by atoms with Crippen molar-refractivity contribution in [3.05, 3.63) is 23.2 Å². The molecule has 0 bridgehead atoms. The zero-order valence-corrected chi connectivity index (χ0v) is 10.8. The van der Waals surface area contributed by atoms with Crippen LogP contribution in [0.1, 0.15) is 12.8 Å². The Bertz CT molecular complexity index is 364. The van der Waals surface area contributed by atoms with E-state index in [1.807, 2.05) is 12.1 Å². The lowest BCUT2D eigenvalue weighted by Gasteiger charge is -2.22. The Morgan fingerprint density at radius 1 is 1.35 bits per heavy atom. The average molecular weight is 256 g/mol. The molecule has 1 aliphatic heterocycles. The van der Waals surface area contributed by atoms with Crippen molar-refractivity contribution < 1.29 is 9.47 Å². The fourth-order valence-electron chi connectivity index (χ4n) is 1.98. The third-order valence-corrected chi connectivity index (χ3v) is 3.37. The minimum Gasteiger partial charge on any atom is -0.497 e. The van der Waals surface area contributed by atoms with Gasteiger partial charge in [-0.25, -0.2) is 0 Å². The van der Waals surface area contributed by atoms with E-state index in [-0.39, 0.29) is 0 Å². The largest absolute Gasteiger partial charge is 0.497 e. The summed E-state index contributed by atoms with van der Waals surface area (Å²) in [5.74, 6) is 2.13. The van der Waals surface area contributed by atoms with Crippen molar-refractivity contribution in [2.24, 2.45) is 5.92 Å². The molecule has 17 heavy (non-hydrogen) atoms. The smallest absolute Gasteiger partial charge is 0.138 e. The molecule has 1 N–H and O–H groups in total. The van der Waals surface area contributed by atoms with Crippen LogP contribution in [0.25, 0.3) is 0 Å². The number of benzene rings is 1. The number of piperidine rings is 1. The molecule has 0 saturated carbocycles. The zero-order chi connectivity index (χ0) is 12.1. The van der Waals surface area contributed by atoms with Crippen molar-refractivity contribution in [2.75, 3.05) is 26.8 Å². The summed E-state index contributed by atoms with van der Waals surface area (Å²) < 4.78 is 10.9. The second-order valence-corrected chi connectivity index (χ2v) is 4.71. The molecule has 1 aliphatic rings. The van der Waals surface area contributed by atoms with E-state index in [9.17, 15) is 0 Å². The maximum absolute atomic E-state index is 6.11. The van der Waals surface area contributed by atoms with Gasteiger partial charge in [0.25, 0.3) is 0 Å². The normalized spacial score (nSPS) is 16.8. The number of rotatable bonds is 4. The van der Waals surface area contributed by atoms with Crippen LogP contribution in [-0.2, 0) is 0 Å². The first kappa shape index (κ1) is 12.5. The molecule has 0 aliphatic carbocycles. The highest BCUT2D eigenvalue weighted by Crippen LogP contribution is 2.29. The van der Waals surface area contributed by atoms with Crippen molar-refractivity contribution in [3.8, 4) is 11.5 Å². The summed E-state index contributed by atoms with van der Waals surface area (Å²) in [5, 5.41) is 3.95. The summed E-state index contributed by atoms with van der Waals surface area (Å²) in [6, 6.07) is 5.51. The molecular formula is C13H18ClNO2. The maximum atomic E-state index is 6.11. The fourth-order valence-corrected chi connectivity index (χ4v) is 2.21. The maximum Gasteiger partial charge on any atom is 0.138 e. The van der Waals surface area contributed by atoms with Gasteiger partial charge in [-0.05, 0) is 44.0 Å². The number of nitrogens with one attached hydrogen (secondary N) is 1. The molecule has 0 radical (unpaired) electrons. The SMILES string of the molecule is COc1ccc(OCC2CCNCC2)c(Cl)c1. The summed E-state index contributed by atoms with van der Waals surface area (Å²) in [4.78, 5) is 0. The van der Waals surface area contributed by atoms with Gasteiger partial charge in [-0.3, -0.25) is 0 Å². The van der Waals surface area contributed by atoms with Crippen LogP contribution in [-0.4, -0.2) is 26.8 Å². The predicted octanol–water partition coefficient (Wildman–Crippen LogP) is 2.73. The van der Waals surface area contributed by atoms with E-state index < -0.39 is 0 Å². The summed E-state index contributed by atoms with van der Waals surface area (Å²) in [7, 11) is 1.63. The van der Waals surface area contributed by atoms with Gasteiger partial charge in [-0.2, -0.15) is 0 Å². The van der Waals surface area contributed by atoms with Crippen LogP contribution in [0.2, 0.25) is 5.02 Å². The van der Waals surface area contributed by atoms with Crippen molar-refractivity contribution in [3.63, 3.8) is 0 Å². The highest BCUT2D eigenvalue weighted by molar-refractivity contribution is 6.32. The van der Waals surface area contributed by atoms with Crippen LogP contribution in [0, 0.1) is 5.92 Å². The standard InChI is InChI=1S/C13H18ClNO2/c1-16-11-2-3-13(12(14)8-11)17-9-10-4-6-15-7-5-10/h2-3,8,10,15H,4-7,9H2,1H3. The van der Waals surface area contributed by atoms with Crippen molar-refractivity contribution >= 4 is 11.6 Å². The highest BCUT2D eigenvalue weighted by Gasteiger charge is 2.14. The molecule has 1 aromatic carbocycles. The third kappa shape index (κ3) is 3.51. The summed E-state index contributed by atoms with van der Waals surface area (Å²) >= 11 is 6.11. The predicted molar refractivity (Wildman–Crippen MR) is 69.1 cm³/mol. The Morgan fingerprint density at radius 3 is 2.76 bits per heavy atom. The molecular weight excluding hydrogens is 238 g/mol. The molecule has 1 aromatic rings. The topological polar surface area (TPSA) is 30.5 Å². The van der Waals surface area contributed by atoms with Gasteiger partial charge < -0.3 is 14.8 Å². The molecule has 0 spiro atoms. The van der Waals surface area contributed by atoms with Crippen molar-refractivity contribution in [1.82, 2.24) is 5.32 Å². The molecule has 4 heteroatoms. The van der Waals surface area contributed by atoms with Crippen LogP contribution in [0.3, 0.4) is 0 Å². The second-order valence-electron chi connectivity index (χ2n) is 4.30. The van der Waals surface area contributed by atoms with Gasteiger partial charge in [0.1, 0.15) is 11.5 Å². The quantitative estimate of drug-likeness (QED) is 0.898. The lowest BCUT2D eigenvalue weighted by atomic mass is 9.99. The molecule has 0 aromatic heterocycles. The number of hydrogen-bond acceptors (Lipinski definition) is 3. The first-order chi connectivity index (χ1) is 8.29. The Morgan fingerprint density at radius 2 is 2.12 bits per heavy atom. The lowest BCUT2D eigenvalue weighted by Crippen LogP contribution is -2.30. The minimum atomic E-state index is 0.610. The average Bonchev–Trinajstić information content (AvgIpc) is 2.38. The van der Waals surface area contributed by atoms with Crippen LogP contribution in [0.15, 0.2) is 18.2 Å². The summed E-state index contributed by atoms with van der Waals surface area (Å²) in [6.45, 7) is 2.92. The van der Waals surface area contributed by atoms with Crippen LogP contribution in [0.4, 0.5) is 0 Å². The van der Waals surface area contributed by atoms with Gasteiger partial charge in [0, 0.05) is 6.07 Å². The zero-order valence-electron chi connectivity index (χ0n) is 10.0. The van der Waals surface area contributed by atoms with Crippen LogP contribution in [0.5, 0.6) is 11.5 Å². The van der Waals surface area contributed by atoms with E-state index in [1.54, 1.807) is 13.2 Å². The number of hydrogen-bond donors (Lipinski definition) is 1. The van der Waals surface area contributed by atoms with E-state index in [1.165, 1.54) is 12.8 Å². The molecule has 2 rings (SSSR count). The van der Waals surface area contributed by atoms with Gasteiger partial charge >= 0.3 is 0 Å². The van der Waals surface area contributed by atoms with Crippen molar-refractivity contribution in [1.29, 1.82) is 0 Å². The van der Waals surface area contributed by atoms with Gasteiger partial charge in [0.2, 0.25) is 0 Å². The number of methoxy groups -OCH3 is 1. The van der Waals surface area contributed by atoms with Crippen LogP contribution >= 0.6 is 11.6 Å². The molecule has 0 atom stereocenters. The molecule has 94 valence electrons. The Labute approximate surface area is 107 Å². The van der Waals surface area contributed by atoms with Gasteiger partial charge in [-0.1, -0.05) is 11.6 Å². The number of halogens is 1.